The molecule has 310 valence electrons. The first kappa shape index (κ1) is 44.5. The summed E-state index contributed by atoms with van der Waals surface area (Å²) in [5.41, 5.74) is 4.04. The molecule has 0 aliphatic rings. The quantitative estimate of drug-likeness (QED) is 0.0265. The molecule has 0 unspecified atom stereocenters. The summed E-state index contributed by atoms with van der Waals surface area (Å²) in [6.45, 7) is 5.74. The van der Waals surface area contributed by atoms with Crippen molar-refractivity contribution in [3.63, 3.8) is 0 Å². The summed E-state index contributed by atoms with van der Waals surface area (Å²) in [5, 5.41) is 0.365. The molecule has 0 N–H and O–H groups in total. The van der Waals surface area contributed by atoms with Crippen LogP contribution >= 0.6 is 11.6 Å². The Labute approximate surface area is 354 Å². The summed E-state index contributed by atoms with van der Waals surface area (Å²) in [6, 6.07) is 32.2. The van der Waals surface area contributed by atoms with Gasteiger partial charge in [0.25, 0.3) is 0 Å². The largest absolute Gasteiger partial charge is 0.494 e. The fourth-order valence-electron chi connectivity index (χ4n) is 6.35. The van der Waals surface area contributed by atoms with Gasteiger partial charge >= 0.3 is 11.9 Å². The van der Waals surface area contributed by atoms with Gasteiger partial charge in [0, 0.05) is 12.3 Å². The van der Waals surface area contributed by atoms with Crippen LogP contribution in [0.4, 0.5) is 5.69 Å². The van der Waals surface area contributed by atoms with Gasteiger partial charge in [-0.3, -0.25) is 4.99 Å². The Kier molecular flexibility index (Phi) is 18.4. The van der Waals surface area contributed by atoms with E-state index in [4.69, 9.17) is 35.3 Å². The van der Waals surface area contributed by atoms with Crippen LogP contribution in [0.1, 0.15) is 117 Å². The van der Waals surface area contributed by atoms with E-state index in [2.05, 4.69) is 18.8 Å². The average molecular weight is 818 g/mol. The van der Waals surface area contributed by atoms with Crippen LogP contribution in [-0.4, -0.2) is 38.5 Å². The Balaban J connectivity index is 1.10. The van der Waals surface area contributed by atoms with Gasteiger partial charge in [-0.25, -0.2) is 9.59 Å². The maximum absolute atomic E-state index is 13.2. The molecule has 5 aromatic rings. The van der Waals surface area contributed by atoms with Crippen molar-refractivity contribution in [1.29, 1.82) is 0 Å². The predicted octanol–water partition coefficient (Wildman–Crippen LogP) is 13.7. The van der Waals surface area contributed by atoms with E-state index in [9.17, 15) is 9.59 Å². The Morgan fingerprint density at radius 3 is 1.71 bits per heavy atom. The zero-order chi connectivity index (χ0) is 41.7. The molecule has 0 saturated heterocycles. The van der Waals surface area contributed by atoms with Gasteiger partial charge in [-0.2, -0.15) is 0 Å². The number of hydrogen-bond donors (Lipinski definition) is 0. The number of rotatable bonds is 24. The van der Waals surface area contributed by atoms with E-state index in [1.54, 1.807) is 79.0 Å². The third-order valence-electron chi connectivity index (χ3n) is 9.80. The Hall–Kier alpha value is -5.60. The number of carbonyl (C=O) groups excluding carboxylic acids is 2. The minimum absolute atomic E-state index is 0.243. The van der Waals surface area contributed by atoms with E-state index >= 15 is 0 Å². The SMILES string of the molecule is CCCCCCCCOc1ccc(-c2ccc(C(=O)Oc3cc(N=Cc4ccc(OC(=O)c5ccc(OCCCCCCCC)c(Cl)c5)cc4)ccc3OC)cc2)cc1. The van der Waals surface area contributed by atoms with Gasteiger partial charge in [0.2, 0.25) is 0 Å². The molecule has 9 heteroatoms. The summed E-state index contributed by atoms with van der Waals surface area (Å²) in [5.74, 6) is 1.38. The maximum atomic E-state index is 13.2. The number of hydrogen-bond acceptors (Lipinski definition) is 8. The summed E-state index contributed by atoms with van der Waals surface area (Å²) < 4.78 is 28.6. The number of carbonyl (C=O) groups is 2. The Morgan fingerprint density at radius 1 is 0.542 bits per heavy atom. The molecule has 0 radical (unpaired) electrons. The Morgan fingerprint density at radius 2 is 1.08 bits per heavy atom. The van der Waals surface area contributed by atoms with Crippen molar-refractivity contribution in [2.45, 2.75) is 90.9 Å². The second kappa shape index (κ2) is 24.4. The smallest absolute Gasteiger partial charge is 0.343 e. The summed E-state index contributed by atoms with van der Waals surface area (Å²) in [7, 11) is 1.51. The van der Waals surface area contributed by atoms with Crippen molar-refractivity contribution >= 4 is 35.4 Å². The molecule has 5 aromatic carbocycles. The van der Waals surface area contributed by atoms with Crippen LogP contribution < -0.4 is 23.7 Å². The van der Waals surface area contributed by atoms with Gasteiger partial charge in [0.05, 0.1) is 42.2 Å². The fraction of sp³-hybridized carbons (Fsp3) is 0.340. The van der Waals surface area contributed by atoms with E-state index in [-0.39, 0.29) is 5.75 Å². The number of methoxy groups -OCH3 is 1. The van der Waals surface area contributed by atoms with Gasteiger partial charge in [0.15, 0.2) is 11.5 Å². The lowest BCUT2D eigenvalue weighted by molar-refractivity contribution is 0.0722. The summed E-state index contributed by atoms with van der Waals surface area (Å²) in [6.07, 6.45) is 16.1. The second-order valence-electron chi connectivity index (χ2n) is 14.4. The molecule has 0 bridgehead atoms. The molecule has 0 heterocycles. The van der Waals surface area contributed by atoms with Crippen molar-refractivity contribution in [1.82, 2.24) is 0 Å². The third kappa shape index (κ3) is 14.6. The van der Waals surface area contributed by atoms with E-state index < -0.39 is 11.9 Å². The van der Waals surface area contributed by atoms with Gasteiger partial charge in [-0.1, -0.05) is 114 Å². The highest BCUT2D eigenvalue weighted by Crippen LogP contribution is 2.33. The van der Waals surface area contributed by atoms with Crippen LogP contribution in [-0.2, 0) is 0 Å². The molecule has 0 atom stereocenters. The van der Waals surface area contributed by atoms with Gasteiger partial charge in [-0.15, -0.1) is 0 Å². The van der Waals surface area contributed by atoms with E-state index in [1.807, 2.05) is 36.4 Å². The number of esters is 2. The lowest BCUT2D eigenvalue weighted by atomic mass is 10.0. The molecule has 0 fully saturated rings. The molecule has 0 aliphatic carbocycles. The van der Waals surface area contributed by atoms with Crippen molar-refractivity contribution in [3.05, 3.63) is 131 Å². The van der Waals surface area contributed by atoms with E-state index in [1.165, 1.54) is 64.9 Å². The standard InChI is InChI=1S/C50H56ClNO7/c1-4-6-8-10-12-14-32-56-43-28-22-39(23-29-43)38-18-20-40(21-19-38)49(53)59-48-35-42(25-31-47(48)55-3)52-36-37-16-26-44(27-17-37)58-50(54)41-24-30-46(45(51)34-41)57-33-15-13-11-9-7-5-2/h16-31,34-36H,4-15,32-33H2,1-3H3. The number of nitrogens with zero attached hydrogens (tertiary/aromatic N) is 1. The normalized spacial score (nSPS) is 11.1. The van der Waals surface area contributed by atoms with Crippen LogP contribution in [0.15, 0.2) is 114 Å². The topological polar surface area (TPSA) is 92.7 Å². The molecule has 0 spiro atoms. The highest BCUT2D eigenvalue weighted by Gasteiger charge is 2.15. The minimum Gasteiger partial charge on any atom is -0.494 e. The van der Waals surface area contributed by atoms with Crippen molar-refractivity contribution in [2.75, 3.05) is 20.3 Å². The fourth-order valence-corrected chi connectivity index (χ4v) is 6.58. The number of ether oxygens (including phenoxy) is 5. The van der Waals surface area contributed by atoms with Gasteiger partial charge < -0.3 is 23.7 Å². The number of halogens is 1. The number of unbranched alkanes of at least 4 members (excludes halogenated alkanes) is 10. The summed E-state index contributed by atoms with van der Waals surface area (Å²) in [4.78, 5) is 30.6. The second-order valence-corrected chi connectivity index (χ2v) is 14.8. The zero-order valence-electron chi connectivity index (χ0n) is 34.6. The lowest BCUT2D eigenvalue weighted by Gasteiger charge is -2.11. The predicted molar refractivity (Wildman–Crippen MR) is 238 cm³/mol. The molecule has 59 heavy (non-hydrogen) atoms. The van der Waals surface area contributed by atoms with Gasteiger partial charge in [-0.05, 0) is 108 Å². The zero-order valence-corrected chi connectivity index (χ0v) is 35.3. The van der Waals surface area contributed by atoms with E-state index in [0.29, 0.717) is 45.7 Å². The van der Waals surface area contributed by atoms with Crippen molar-refractivity contribution in [2.24, 2.45) is 4.99 Å². The van der Waals surface area contributed by atoms with Gasteiger partial charge in [0.1, 0.15) is 17.2 Å². The number of benzene rings is 5. The minimum atomic E-state index is -0.526. The summed E-state index contributed by atoms with van der Waals surface area (Å²) >= 11 is 6.41. The average Bonchev–Trinajstić information content (AvgIpc) is 3.26. The molecular weight excluding hydrogens is 762 g/mol. The molecule has 0 aliphatic heterocycles. The van der Waals surface area contributed by atoms with Crippen LogP contribution in [0.25, 0.3) is 11.1 Å². The maximum Gasteiger partial charge on any atom is 0.343 e. The van der Waals surface area contributed by atoms with E-state index in [0.717, 1.165) is 48.3 Å². The highest BCUT2D eigenvalue weighted by atomic mass is 35.5. The van der Waals surface area contributed by atoms with Crippen molar-refractivity contribution < 1.29 is 33.3 Å². The first-order chi connectivity index (χ1) is 28.9. The first-order valence-electron chi connectivity index (χ1n) is 20.9. The van der Waals surface area contributed by atoms with Crippen LogP contribution in [0.2, 0.25) is 5.02 Å². The number of aliphatic imine (C=N–C) groups is 1. The highest BCUT2D eigenvalue weighted by molar-refractivity contribution is 6.32. The third-order valence-corrected chi connectivity index (χ3v) is 10.1. The Bertz CT molecular complexity index is 2080. The lowest BCUT2D eigenvalue weighted by Crippen LogP contribution is -2.09. The van der Waals surface area contributed by atoms with Crippen LogP contribution in [0.3, 0.4) is 0 Å². The van der Waals surface area contributed by atoms with Crippen molar-refractivity contribution in [3.8, 4) is 39.9 Å². The molecule has 0 saturated carbocycles. The molecule has 0 aromatic heterocycles. The molecule has 5 rings (SSSR count). The molecular formula is C50H56ClNO7. The molecule has 0 amide bonds. The van der Waals surface area contributed by atoms with Crippen LogP contribution in [0.5, 0.6) is 28.7 Å². The monoisotopic (exact) mass is 817 g/mol. The van der Waals surface area contributed by atoms with Crippen LogP contribution in [0, 0.1) is 0 Å². The first-order valence-corrected chi connectivity index (χ1v) is 21.3. The molecule has 8 nitrogen and oxygen atoms in total.